The van der Waals surface area contributed by atoms with Crippen LogP contribution >= 0.6 is 23.1 Å². The molecule has 0 amide bonds. The minimum atomic E-state index is -2.62. The molecule has 0 bridgehead atoms. The van der Waals surface area contributed by atoms with E-state index in [4.69, 9.17) is 0 Å². The Hall–Kier alpha value is -0.950. The Morgan fingerprint density at radius 1 is 1.38 bits per heavy atom. The van der Waals surface area contributed by atoms with E-state index in [9.17, 15) is 13.6 Å². The van der Waals surface area contributed by atoms with Gasteiger partial charge in [-0.2, -0.15) is 0 Å². The van der Waals surface area contributed by atoms with Gasteiger partial charge in [0.1, 0.15) is 10.7 Å². The molecule has 0 aromatic carbocycles. The molecule has 7 heteroatoms. The van der Waals surface area contributed by atoms with Gasteiger partial charge in [-0.25, -0.2) is 13.8 Å². The summed E-state index contributed by atoms with van der Waals surface area (Å²) < 4.78 is 27.9. The number of nitrogens with zero attached hydrogens (tertiary/aromatic N) is 1. The number of aryl methyl sites for hydroxylation is 1. The highest BCUT2D eigenvalue weighted by Crippen LogP contribution is 2.44. The van der Waals surface area contributed by atoms with Gasteiger partial charge in [-0.1, -0.05) is 0 Å². The molecule has 0 unspecified atom stereocenters. The Balaban J connectivity index is 1.81. The molecule has 4 rings (SSSR count). The van der Waals surface area contributed by atoms with Crippen molar-refractivity contribution in [3.05, 3.63) is 21.7 Å². The van der Waals surface area contributed by atoms with Gasteiger partial charge >= 0.3 is 0 Å². The summed E-state index contributed by atoms with van der Waals surface area (Å²) in [5.74, 6) is -1.44. The number of alkyl halides is 2. The van der Waals surface area contributed by atoms with Gasteiger partial charge < -0.3 is 4.98 Å². The smallest absolute Gasteiger partial charge is 0.259 e. The number of rotatable bonds is 1. The molecule has 3 heterocycles. The number of thioether (sulfide) groups is 1. The van der Waals surface area contributed by atoms with Crippen LogP contribution in [0.2, 0.25) is 0 Å². The van der Waals surface area contributed by atoms with E-state index in [2.05, 4.69) is 9.97 Å². The van der Waals surface area contributed by atoms with Gasteiger partial charge in [0, 0.05) is 18.8 Å². The summed E-state index contributed by atoms with van der Waals surface area (Å²) in [6, 6.07) is 0. The van der Waals surface area contributed by atoms with E-state index in [0.717, 1.165) is 24.2 Å². The van der Waals surface area contributed by atoms with Crippen LogP contribution in [0.5, 0.6) is 0 Å². The summed E-state index contributed by atoms with van der Waals surface area (Å²) in [4.78, 5) is 20.3. The molecule has 2 aromatic rings. The number of H-pyrrole nitrogens is 1. The van der Waals surface area contributed by atoms with Gasteiger partial charge in [0.2, 0.25) is 5.92 Å². The second-order valence-corrected chi connectivity index (χ2v) is 8.11. The first-order chi connectivity index (χ1) is 10.0. The summed E-state index contributed by atoms with van der Waals surface area (Å²) in [6.07, 6.45) is 2.05. The van der Waals surface area contributed by atoms with E-state index in [-0.39, 0.29) is 24.3 Å². The van der Waals surface area contributed by atoms with Crippen LogP contribution < -0.4 is 5.56 Å². The SMILES string of the molecule is O=c1[nH]c([C@@H]2CCC(F)(F)C2)nc2sc3c(c12)CCCS3. The molecule has 1 saturated carbocycles. The predicted molar refractivity (Wildman–Crippen MR) is 80.8 cm³/mol. The highest BCUT2D eigenvalue weighted by atomic mass is 32.2. The van der Waals surface area contributed by atoms with Gasteiger partial charge in [0.25, 0.3) is 5.56 Å². The van der Waals surface area contributed by atoms with Crippen LogP contribution in [-0.4, -0.2) is 21.6 Å². The molecule has 0 spiro atoms. The fraction of sp³-hybridized carbons (Fsp3) is 0.571. The van der Waals surface area contributed by atoms with Gasteiger partial charge in [0.05, 0.1) is 9.60 Å². The van der Waals surface area contributed by atoms with Crippen LogP contribution in [0.3, 0.4) is 0 Å². The molecule has 2 aliphatic rings. The van der Waals surface area contributed by atoms with E-state index in [1.165, 1.54) is 15.5 Å². The lowest BCUT2D eigenvalue weighted by atomic mass is 10.1. The zero-order chi connectivity index (χ0) is 14.6. The van der Waals surface area contributed by atoms with Crippen LogP contribution in [0.4, 0.5) is 8.78 Å². The monoisotopic (exact) mass is 328 g/mol. The quantitative estimate of drug-likeness (QED) is 0.863. The van der Waals surface area contributed by atoms with Crippen molar-refractivity contribution in [2.24, 2.45) is 0 Å². The number of aromatic nitrogens is 2. The van der Waals surface area contributed by atoms with Crippen LogP contribution in [0.15, 0.2) is 9.00 Å². The molecule has 1 aliphatic heterocycles. The van der Waals surface area contributed by atoms with Gasteiger partial charge in [-0.05, 0) is 30.6 Å². The lowest BCUT2D eigenvalue weighted by molar-refractivity contribution is 0.00754. The first-order valence-electron chi connectivity index (χ1n) is 7.10. The number of fused-ring (bicyclic) bond motifs is 3. The first-order valence-corrected chi connectivity index (χ1v) is 8.90. The second kappa shape index (κ2) is 4.78. The van der Waals surface area contributed by atoms with Crippen molar-refractivity contribution < 1.29 is 8.78 Å². The fourth-order valence-electron chi connectivity index (χ4n) is 3.19. The number of nitrogens with one attached hydrogen (secondary N) is 1. The molecule has 1 fully saturated rings. The molecule has 1 aliphatic carbocycles. The van der Waals surface area contributed by atoms with Gasteiger partial charge in [-0.15, -0.1) is 23.1 Å². The summed E-state index contributed by atoms with van der Waals surface area (Å²) in [5, 5.41) is 0.677. The third-order valence-corrected chi connectivity index (χ3v) is 6.76. The Bertz CT molecular complexity index is 768. The maximum atomic E-state index is 13.4. The normalized spacial score (nSPS) is 24.4. The third kappa shape index (κ3) is 2.30. The van der Waals surface area contributed by atoms with Crippen molar-refractivity contribution in [3.63, 3.8) is 0 Å². The highest BCUT2D eigenvalue weighted by Gasteiger charge is 2.41. The van der Waals surface area contributed by atoms with Crippen molar-refractivity contribution in [3.8, 4) is 0 Å². The zero-order valence-electron chi connectivity index (χ0n) is 11.2. The summed E-state index contributed by atoms with van der Waals surface area (Å²) in [6.45, 7) is 0. The largest absolute Gasteiger partial charge is 0.310 e. The molecule has 2 aromatic heterocycles. The molecule has 3 nitrogen and oxygen atoms in total. The van der Waals surface area contributed by atoms with Crippen molar-refractivity contribution >= 4 is 33.3 Å². The minimum Gasteiger partial charge on any atom is -0.310 e. The summed E-state index contributed by atoms with van der Waals surface area (Å²) in [7, 11) is 0. The van der Waals surface area contributed by atoms with Crippen molar-refractivity contribution in [2.45, 2.75) is 48.2 Å². The minimum absolute atomic E-state index is 0.115. The van der Waals surface area contributed by atoms with Crippen molar-refractivity contribution in [1.82, 2.24) is 9.97 Å². The molecular formula is C14H14F2N2OS2. The van der Waals surface area contributed by atoms with Gasteiger partial charge in [0.15, 0.2) is 0 Å². The van der Waals surface area contributed by atoms with Crippen LogP contribution in [0.1, 0.15) is 43.0 Å². The average molecular weight is 328 g/mol. The fourth-order valence-corrected chi connectivity index (χ4v) is 5.73. The molecule has 112 valence electrons. The van der Waals surface area contributed by atoms with Crippen molar-refractivity contribution in [2.75, 3.05) is 5.75 Å². The molecular weight excluding hydrogens is 314 g/mol. The molecule has 1 atom stereocenters. The molecule has 0 saturated heterocycles. The summed E-state index contributed by atoms with van der Waals surface area (Å²) in [5.41, 5.74) is 0.938. The first kappa shape index (κ1) is 13.7. The topological polar surface area (TPSA) is 45.8 Å². The lowest BCUT2D eigenvalue weighted by Crippen LogP contribution is -2.16. The Labute approximate surface area is 128 Å². The number of aromatic amines is 1. The van der Waals surface area contributed by atoms with Gasteiger partial charge in [-0.3, -0.25) is 4.79 Å². The third-order valence-electron chi connectivity index (χ3n) is 4.24. The number of thiophene rings is 1. The maximum Gasteiger partial charge on any atom is 0.259 e. The Morgan fingerprint density at radius 3 is 3.00 bits per heavy atom. The lowest BCUT2D eigenvalue weighted by Gasteiger charge is -2.10. The highest BCUT2D eigenvalue weighted by molar-refractivity contribution is 8.01. The van der Waals surface area contributed by atoms with E-state index in [0.29, 0.717) is 22.5 Å². The van der Waals surface area contributed by atoms with Crippen LogP contribution in [0, 0.1) is 0 Å². The maximum absolute atomic E-state index is 13.4. The standard InChI is InChI=1S/C14H14F2N2OS2/c15-14(16)4-3-7(6-14)10-17-11(19)9-8-2-1-5-20-13(8)21-12(9)18-10/h7H,1-6H2,(H,17,18,19)/t7-/m1/s1. The average Bonchev–Trinajstić information content (AvgIpc) is 2.98. The van der Waals surface area contributed by atoms with Crippen LogP contribution in [-0.2, 0) is 6.42 Å². The van der Waals surface area contributed by atoms with Crippen LogP contribution in [0.25, 0.3) is 10.2 Å². The number of hydrogen-bond acceptors (Lipinski definition) is 4. The number of halogens is 2. The Kier molecular flexibility index (Phi) is 3.11. The van der Waals surface area contributed by atoms with E-state index >= 15 is 0 Å². The predicted octanol–water partition coefficient (Wildman–Crippen LogP) is 3.93. The zero-order valence-corrected chi connectivity index (χ0v) is 12.9. The van der Waals surface area contributed by atoms with Crippen molar-refractivity contribution in [1.29, 1.82) is 0 Å². The van der Waals surface area contributed by atoms with E-state index in [1.54, 1.807) is 11.8 Å². The molecule has 21 heavy (non-hydrogen) atoms. The Morgan fingerprint density at radius 2 is 2.24 bits per heavy atom. The van der Waals surface area contributed by atoms with E-state index < -0.39 is 5.92 Å². The molecule has 0 radical (unpaired) electrons. The molecule has 1 N–H and O–H groups in total. The van der Waals surface area contributed by atoms with E-state index in [1.807, 2.05) is 0 Å². The second-order valence-electron chi connectivity index (χ2n) is 5.75. The number of hydrogen-bond donors (Lipinski definition) is 1. The summed E-state index contributed by atoms with van der Waals surface area (Å²) >= 11 is 3.30.